The summed E-state index contributed by atoms with van der Waals surface area (Å²) in [5.41, 5.74) is 2.79. The van der Waals surface area contributed by atoms with Crippen LogP contribution in [0.25, 0.3) is 6.08 Å². The Morgan fingerprint density at radius 1 is 1.08 bits per heavy atom. The van der Waals surface area contributed by atoms with Crippen molar-refractivity contribution in [3.05, 3.63) is 58.7 Å². The molecule has 0 bridgehead atoms. The normalized spacial score (nSPS) is 11.0. The summed E-state index contributed by atoms with van der Waals surface area (Å²) in [6.45, 7) is 3.99. The second-order valence-corrected chi connectivity index (χ2v) is 5.44. The number of aromatic hydroxyl groups is 2. The van der Waals surface area contributed by atoms with E-state index in [9.17, 15) is 15.0 Å². The van der Waals surface area contributed by atoms with Gasteiger partial charge in [0.25, 0.3) is 0 Å². The van der Waals surface area contributed by atoms with Gasteiger partial charge in [0, 0.05) is 5.56 Å². The van der Waals surface area contributed by atoms with E-state index in [-0.39, 0.29) is 17.3 Å². The lowest BCUT2D eigenvalue weighted by atomic mass is 9.98. The van der Waals surface area contributed by atoms with Gasteiger partial charge in [-0.25, -0.2) is 0 Å². The van der Waals surface area contributed by atoms with Gasteiger partial charge in [0.05, 0.1) is 12.7 Å². The lowest BCUT2D eigenvalue weighted by molar-refractivity contribution is 0.104. The third-order valence-electron chi connectivity index (χ3n) is 3.96. The van der Waals surface area contributed by atoms with Crippen LogP contribution in [-0.2, 0) is 12.8 Å². The van der Waals surface area contributed by atoms with E-state index in [1.807, 2.05) is 19.9 Å². The Labute approximate surface area is 142 Å². The SMILES string of the molecule is CCc1cc(CC)c(OC)c(/C=C/C(=O)c2ccc(O)cc2)c1O. The van der Waals surface area contributed by atoms with E-state index in [4.69, 9.17) is 4.74 Å². The zero-order valence-electron chi connectivity index (χ0n) is 14.2. The first kappa shape index (κ1) is 17.6. The van der Waals surface area contributed by atoms with Crippen LogP contribution in [0.1, 0.15) is 40.9 Å². The van der Waals surface area contributed by atoms with Crippen LogP contribution in [-0.4, -0.2) is 23.1 Å². The van der Waals surface area contributed by atoms with Gasteiger partial charge in [-0.1, -0.05) is 13.8 Å². The predicted molar refractivity (Wildman–Crippen MR) is 94.9 cm³/mol. The van der Waals surface area contributed by atoms with Crippen molar-refractivity contribution >= 4 is 11.9 Å². The smallest absolute Gasteiger partial charge is 0.185 e. The fraction of sp³-hybridized carbons (Fsp3) is 0.250. The first-order valence-corrected chi connectivity index (χ1v) is 7.94. The van der Waals surface area contributed by atoms with Crippen LogP contribution in [0.15, 0.2) is 36.4 Å². The van der Waals surface area contributed by atoms with Crippen LogP contribution in [0.2, 0.25) is 0 Å². The number of ether oxygens (including phenoxy) is 1. The van der Waals surface area contributed by atoms with E-state index >= 15 is 0 Å². The highest BCUT2D eigenvalue weighted by molar-refractivity contribution is 6.07. The number of aryl methyl sites for hydroxylation is 2. The summed E-state index contributed by atoms with van der Waals surface area (Å²) in [5, 5.41) is 19.8. The van der Waals surface area contributed by atoms with E-state index in [0.717, 1.165) is 17.5 Å². The Balaban J connectivity index is 2.43. The zero-order chi connectivity index (χ0) is 17.7. The summed E-state index contributed by atoms with van der Waals surface area (Å²) in [6.07, 6.45) is 4.45. The Hall–Kier alpha value is -2.75. The lowest BCUT2D eigenvalue weighted by Gasteiger charge is -2.15. The lowest BCUT2D eigenvalue weighted by Crippen LogP contribution is -1.99. The average Bonchev–Trinajstić information content (AvgIpc) is 2.60. The van der Waals surface area contributed by atoms with Gasteiger partial charge in [0.2, 0.25) is 0 Å². The molecule has 2 aromatic rings. The average molecular weight is 326 g/mol. The van der Waals surface area contributed by atoms with Crippen molar-refractivity contribution in [3.63, 3.8) is 0 Å². The maximum atomic E-state index is 12.3. The molecule has 0 saturated carbocycles. The quantitative estimate of drug-likeness (QED) is 0.619. The summed E-state index contributed by atoms with van der Waals surface area (Å²) in [7, 11) is 1.55. The number of phenols is 2. The molecule has 24 heavy (non-hydrogen) atoms. The molecule has 0 saturated heterocycles. The Bertz CT molecular complexity index is 758. The van der Waals surface area contributed by atoms with Crippen molar-refractivity contribution in [2.45, 2.75) is 26.7 Å². The second kappa shape index (κ2) is 7.68. The van der Waals surface area contributed by atoms with Crippen molar-refractivity contribution in [1.29, 1.82) is 0 Å². The predicted octanol–water partition coefficient (Wildman–Crippen LogP) is 4.13. The van der Waals surface area contributed by atoms with Crippen molar-refractivity contribution in [3.8, 4) is 17.2 Å². The first-order chi connectivity index (χ1) is 11.5. The molecule has 4 nitrogen and oxygen atoms in total. The van der Waals surface area contributed by atoms with Gasteiger partial charge in [-0.2, -0.15) is 0 Å². The molecule has 0 amide bonds. The highest BCUT2D eigenvalue weighted by Crippen LogP contribution is 2.36. The standard InChI is InChI=1S/C20H22O4/c1-4-13-12-14(5-2)20(24-3)17(19(13)23)10-11-18(22)15-6-8-16(21)9-7-15/h6-12,21,23H,4-5H2,1-3H3/b11-10+. The Morgan fingerprint density at radius 3 is 2.25 bits per heavy atom. The number of ketones is 1. The summed E-state index contributed by atoms with van der Waals surface area (Å²) in [5.74, 6) is 0.623. The van der Waals surface area contributed by atoms with E-state index in [1.165, 1.54) is 18.2 Å². The third-order valence-corrected chi connectivity index (χ3v) is 3.96. The van der Waals surface area contributed by atoms with Crippen LogP contribution in [0, 0.1) is 0 Å². The third kappa shape index (κ3) is 3.59. The molecule has 0 atom stereocenters. The summed E-state index contributed by atoms with van der Waals surface area (Å²) in [4.78, 5) is 12.3. The van der Waals surface area contributed by atoms with Crippen LogP contribution in [0.3, 0.4) is 0 Å². The largest absolute Gasteiger partial charge is 0.508 e. The molecule has 0 aliphatic carbocycles. The second-order valence-electron chi connectivity index (χ2n) is 5.44. The van der Waals surface area contributed by atoms with Crippen LogP contribution in [0.5, 0.6) is 17.2 Å². The molecule has 0 unspecified atom stereocenters. The van der Waals surface area contributed by atoms with Crippen molar-refractivity contribution < 1.29 is 19.7 Å². The fourth-order valence-corrected chi connectivity index (χ4v) is 2.61. The van der Waals surface area contributed by atoms with Crippen LogP contribution < -0.4 is 4.74 Å². The molecule has 126 valence electrons. The molecule has 4 heteroatoms. The highest BCUT2D eigenvalue weighted by atomic mass is 16.5. The zero-order valence-corrected chi connectivity index (χ0v) is 14.2. The topological polar surface area (TPSA) is 66.8 Å². The fourth-order valence-electron chi connectivity index (χ4n) is 2.61. The molecule has 0 aromatic heterocycles. The molecule has 0 aliphatic rings. The molecule has 0 radical (unpaired) electrons. The van der Waals surface area contributed by atoms with Crippen molar-refractivity contribution in [2.24, 2.45) is 0 Å². The maximum Gasteiger partial charge on any atom is 0.185 e. The van der Waals surface area contributed by atoms with Crippen LogP contribution >= 0.6 is 0 Å². The number of carbonyl (C=O) groups excluding carboxylic acids is 1. The number of benzene rings is 2. The number of phenolic OH excluding ortho intramolecular Hbond substituents is 2. The highest BCUT2D eigenvalue weighted by Gasteiger charge is 2.15. The monoisotopic (exact) mass is 326 g/mol. The van der Waals surface area contributed by atoms with E-state index < -0.39 is 0 Å². The molecular weight excluding hydrogens is 304 g/mol. The molecule has 2 rings (SSSR count). The van der Waals surface area contributed by atoms with Gasteiger partial charge < -0.3 is 14.9 Å². The maximum absolute atomic E-state index is 12.3. The minimum Gasteiger partial charge on any atom is -0.508 e. The summed E-state index contributed by atoms with van der Waals surface area (Å²) in [6, 6.07) is 7.98. The van der Waals surface area contributed by atoms with Gasteiger partial charge in [0.15, 0.2) is 5.78 Å². The first-order valence-electron chi connectivity index (χ1n) is 7.94. The Morgan fingerprint density at radius 2 is 1.71 bits per heavy atom. The number of methoxy groups -OCH3 is 1. The number of allylic oxidation sites excluding steroid dienone is 1. The minimum absolute atomic E-state index is 0.109. The number of carbonyl (C=O) groups is 1. The molecule has 2 aromatic carbocycles. The number of hydrogen-bond donors (Lipinski definition) is 2. The number of hydrogen-bond acceptors (Lipinski definition) is 4. The van der Waals surface area contributed by atoms with Gasteiger partial charge in [-0.15, -0.1) is 0 Å². The van der Waals surface area contributed by atoms with Gasteiger partial charge >= 0.3 is 0 Å². The molecule has 0 fully saturated rings. The van der Waals surface area contributed by atoms with Gasteiger partial charge in [-0.05, 0) is 66.5 Å². The van der Waals surface area contributed by atoms with E-state index in [0.29, 0.717) is 23.3 Å². The summed E-state index contributed by atoms with van der Waals surface area (Å²) < 4.78 is 5.45. The molecule has 2 N–H and O–H groups in total. The molecular formula is C20H22O4. The molecule has 0 aliphatic heterocycles. The van der Waals surface area contributed by atoms with E-state index in [1.54, 1.807) is 25.3 Å². The molecule has 0 heterocycles. The van der Waals surface area contributed by atoms with Gasteiger partial charge in [0.1, 0.15) is 17.2 Å². The van der Waals surface area contributed by atoms with Gasteiger partial charge in [-0.3, -0.25) is 4.79 Å². The Kier molecular flexibility index (Phi) is 5.64. The minimum atomic E-state index is -0.212. The number of rotatable bonds is 6. The van der Waals surface area contributed by atoms with Crippen LogP contribution in [0.4, 0.5) is 0 Å². The summed E-state index contributed by atoms with van der Waals surface area (Å²) >= 11 is 0. The molecule has 0 spiro atoms. The van der Waals surface area contributed by atoms with Crippen molar-refractivity contribution in [1.82, 2.24) is 0 Å². The van der Waals surface area contributed by atoms with Crippen molar-refractivity contribution in [2.75, 3.05) is 7.11 Å². The van der Waals surface area contributed by atoms with E-state index in [2.05, 4.69) is 0 Å².